The van der Waals surface area contributed by atoms with Crippen molar-refractivity contribution in [3.8, 4) is 11.5 Å². The summed E-state index contributed by atoms with van der Waals surface area (Å²) in [5, 5.41) is 23.1. The molecular formula is C15H13NO3. The molecule has 0 saturated carbocycles. The SMILES string of the molecule is Oc1ccc(C2=NOC(c3ccccc3)C2)c(O)c1. The fourth-order valence-electron chi connectivity index (χ4n) is 2.15. The van der Waals surface area contributed by atoms with Crippen LogP contribution in [0.2, 0.25) is 0 Å². The Morgan fingerprint density at radius 2 is 1.84 bits per heavy atom. The lowest BCUT2D eigenvalue weighted by Crippen LogP contribution is -2.01. The smallest absolute Gasteiger partial charge is 0.158 e. The molecule has 3 rings (SSSR count). The van der Waals surface area contributed by atoms with Crippen molar-refractivity contribution < 1.29 is 15.1 Å². The molecule has 2 aromatic carbocycles. The lowest BCUT2D eigenvalue weighted by Gasteiger charge is -2.07. The summed E-state index contributed by atoms with van der Waals surface area (Å²) < 4.78 is 0. The average Bonchev–Trinajstić information content (AvgIpc) is 2.89. The van der Waals surface area contributed by atoms with Crippen molar-refractivity contribution in [3.63, 3.8) is 0 Å². The molecule has 1 unspecified atom stereocenters. The summed E-state index contributed by atoms with van der Waals surface area (Å²) in [5.41, 5.74) is 2.34. The number of nitrogens with zero attached hydrogens (tertiary/aromatic N) is 1. The molecule has 0 bridgehead atoms. The van der Waals surface area contributed by atoms with Crippen LogP contribution in [0.4, 0.5) is 0 Å². The number of aromatic hydroxyl groups is 2. The summed E-state index contributed by atoms with van der Waals surface area (Å²) in [7, 11) is 0. The molecule has 1 aliphatic rings. The van der Waals surface area contributed by atoms with Gasteiger partial charge in [0.05, 0.1) is 5.71 Å². The van der Waals surface area contributed by atoms with E-state index in [1.807, 2.05) is 30.3 Å². The van der Waals surface area contributed by atoms with E-state index >= 15 is 0 Å². The second-order valence-corrected chi connectivity index (χ2v) is 4.45. The molecule has 2 N–H and O–H groups in total. The van der Waals surface area contributed by atoms with E-state index in [1.54, 1.807) is 6.07 Å². The van der Waals surface area contributed by atoms with Crippen LogP contribution in [0.5, 0.6) is 11.5 Å². The van der Waals surface area contributed by atoms with Crippen molar-refractivity contribution in [2.75, 3.05) is 0 Å². The zero-order valence-electron chi connectivity index (χ0n) is 10.2. The summed E-state index contributed by atoms with van der Waals surface area (Å²) in [6.07, 6.45) is 0.479. The number of oxime groups is 1. The van der Waals surface area contributed by atoms with Gasteiger partial charge >= 0.3 is 0 Å². The summed E-state index contributed by atoms with van der Waals surface area (Å²) in [6.45, 7) is 0. The maximum absolute atomic E-state index is 9.81. The molecule has 1 heterocycles. The Kier molecular flexibility index (Phi) is 2.83. The van der Waals surface area contributed by atoms with Gasteiger partial charge in [-0.3, -0.25) is 0 Å². The van der Waals surface area contributed by atoms with Crippen LogP contribution in [0.15, 0.2) is 53.7 Å². The van der Waals surface area contributed by atoms with Crippen LogP contribution in [0.25, 0.3) is 0 Å². The maximum atomic E-state index is 9.81. The molecule has 1 aliphatic heterocycles. The van der Waals surface area contributed by atoms with E-state index in [0.717, 1.165) is 5.56 Å². The van der Waals surface area contributed by atoms with Crippen molar-refractivity contribution in [2.24, 2.45) is 5.16 Å². The van der Waals surface area contributed by atoms with Crippen LogP contribution < -0.4 is 0 Å². The van der Waals surface area contributed by atoms with E-state index in [1.165, 1.54) is 12.1 Å². The van der Waals surface area contributed by atoms with Crippen LogP contribution in [0.3, 0.4) is 0 Å². The number of rotatable bonds is 2. The summed E-state index contributed by atoms with van der Waals surface area (Å²) >= 11 is 0. The number of hydrogen-bond acceptors (Lipinski definition) is 4. The van der Waals surface area contributed by atoms with Gasteiger partial charge in [0.2, 0.25) is 0 Å². The Morgan fingerprint density at radius 1 is 1.05 bits per heavy atom. The molecule has 2 aromatic rings. The number of hydrogen-bond donors (Lipinski definition) is 2. The normalized spacial score (nSPS) is 17.9. The Bertz CT molecular complexity index is 623. The van der Waals surface area contributed by atoms with E-state index in [4.69, 9.17) is 4.84 Å². The van der Waals surface area contributed by atoms with E-state index in [2.05, 4.69) is 5.16 Å². The summed E-state index contributed by atoms with van der Waals surface area (Å²) in [6, 6.07) is 14.3. The third kappa shape index (κ3) is 2.25. The first-order valence-corrected chi connectivity index (χ1v) is 6.04. The zero-order chi connectivity index (χ0) is 13.2. The van der Waals surface area contributed by atoms with E-state index in [-0.39, 0.29) is 17.6 Å². The van der Waals surface area contributed by atoms with Crippen molar-refractivity contribution in [1.82, 2.24) is 0 Å². The highest BCUT2D eigenvalue weighted by Gasteiger charge is 2.25. The van der Waals surface area contributed by atoms with E-state index in [0.29, 0.717) is 17.7 Å². The molecule has 0 fully saturated rings. The molecule has 0 aromatic heterocycles. The second-order valence-electron chi connectivity index (χ2n) is 4.45. The molecular weight excluding hydrogens is 242 g/mol. The van der Waals surface area contributed by atoms with Crippen molar-refractivity contribution in [3.05, 3.63) is 59.7 Å². The molecule has 0 aliphatic carbocycles. The lowest BCUT2D eigenvalue weighted by atomic mass is 10.00. The molecule has 4 heteroatoms. The van der Waals surface area contributed by atoms with E-state index in [9.17, 15) is 10.2 Å². The topological polar surface area (TPSA) is 62.1 Å². The van der Waals surface area contributed by atoms with Gasteiger partial charge in [0.1, 0.15) is 11.5 Å². The Balaban J connectivity index is 1.82. The van der Waals surface area contributed by atoms with Crippen LogP contribution in [0.1, 0.15) is 23.7 Å². The molecule has 4 nitrogen and oxygen atoms in total. The molecule has 0 amide bonds. The Hall–Kier alpha value is -2.49. The van der Waals surface area contributed by atoms with Gasteiger partial charge in [-0.05, 0) is 17.7 Å². The number of phenols is 2. The minimum absolute atomic E-state index is 0.0102. The van der Waals surface area contributed by atoms with Crippen LogP contribution in [0, 0.1) is 0 Å². The minimum atomic E-state index is -0.121. The van der Waals surface area contributed by atoms with Gasteiger partial charge in [0, 0.05) is 18.1 Å². The minimum Gasteiger partial charge on any atom is -0.508 e. The van der Waals surface area contributed by atoms with Gasteiger partial charge in [-0.1, -0.05) is 35.5 Å². The van der Waals surface area contributed by atoms with Gasteiger partial charge < -0.3 is 15.1 Å². The van der Waals surface area contributed by atoms with Crippen LogP contribution >= 0.6 is 0 Å². The van der Waals surface area contributed by atoms with Crippen molar-refractivity contribution in [1.29, 1.82) is 0 Å². The fraction of sp³-hybridized carbons (Fsp3) is 0.133. The van der Waals surface area contributed by atoms with Gasteiger partial charge in [-0.2, -0.15) is 0 Å². The lowest BCUT2D eigenvalue weighted by molar-refractivity contribution is 0.0857. The quantitative estimate of drug-likeness (QED) is 0.867. The van der Waals surface area contributed by atoms with Crippen molar-refractivity contribution >= 4 is 5.71 Å². The molecule has 1 atom stereocenters. The maximum Gasteiger partial charge on any atom is 0.158 e. The van der Waals surface area contributed by atoms with Crippen molar-refractivity contribution in [2.45, 2.75) is 12.5 Å². The van der Waals surface area contributed by atoms with Crippen LogP contribution in [-0.2, 0) is 4.84 Å². The monoisotopic (exact) mass is 255 g/mol. The first-order valence-electron chi connectivity index (χ1n) is 6.04. The first-order chi connectivity index (χ1) is 9.24. The summed E-state index contributed by atoms with van der Waals surface area (Å²) in [5.74, 6) is 0.0384. The average molecular weight is 255 g/mol. The molecule has 0 radical (unpaired) electrons. The van der Waals surface area contributed by atoms with Gasteiger partial charge in [-0.15, -0.1) is 0 Å². The molecule has 0 spiro atoms. The highest BCUT2D eigenvalue weighted by molar-refractivity contribution is 6.03. The first kappa shape index (κ1) is 11.6. The van der Waals surface area contributed by atoms with E-state index < -0.39 is 0 Å². The zero-order valence-corrected chi connectivity index (χ0v) is 10.2. The predicted molar refractivity (Wildman–Crippen MR) is 71.2 cm³/mol. The summed E-state index contributed by atoms with van der Waals surface area (Å²) in [4.78, 5) is 5.41. The molecule has 0 saturated heterocycles. The van der Waals surface area contributed by atoms with Crippen LogP contribution in [-0.4, -0.2) is 15.9 Å². The molecule has 19 heavy (non-hydrogen) atoms. The van der Waals surface area contributed by atoms with Gasteiger partial charge in [0.25, 0.3) is 0 Å². The van der Waals surface area contributed by atoms with Gasteiger partial charge in [-0.25, -0.2) is 0 Å². The predicted octanol–water partition coefficient (Wildman–Crippen LogP) is 2.96. The standard InChI is InChI=1S/C15H13NO3/c17-11-6-7-12(14(18)8-11)13-9-15(19-16-13)10-4-2-1-3-5-10/h1-8,15,17-18H,9H2. The highest BCUT2D eigenvalue weighted by atomic mass is 16.6. The largest absolute Gasteiger partial charge is 0.508 e. The highest BCUT2D eigenvalue weighted by Crippen LogP contribution is 2.32. The Labute approximate surface area is 110 Å². The fourth-order valence-corrected chi connectivity index (χ4v) is 2.15. The number of benzene rings is 2. The second kappa shape index (κ2) is 4.65. The van der Waals surface area contributed by atoms with Gasteiger partial charge in [0.15, 0.2) is 6.10 Å². The third-order valence-corrected chi connectivity index (χ3v) is 3.13. The third-order valence-electron chi connectivity index (χ3n) is 3.13. The Morgan fingerprint density at radius 3 is 2.58 bits per heavy atom. The molecule has 96 valence electrons. The number of phenolic OH excluding ortho intramolecular Hbond substituents is 2.